The zero-order valence-electron chi connectivity index (χ0n) is 35.7. The van der Waals surface area contributed by atoms with Crippen LogP contribution in [0.5, 0.6) is 0 Å². The zero-order chi connectivity index (χ0) is 46.0. The molecule has 368 valence electrons. The topological polar surface area (TPSA) is 343 Å². The van der Waals surface area contributed by atoms with Crippen molar-refractivity contribution in [1.82, 2.24) is 0 Å². The number of rotatable bonds is 13. The standard InChI is InChI=1S/C42H68O22/c1-56-20-4-2-3-17(9-20)5-8-30(48)57-15-28-32(50)34(52)37(55)40(62-28)59-16-29-33(51)35(53)39(64-41-36(54)31(49)25(47)14-58-41)42(63-29)61-27-13-21-23(45)11-19(43)12-26(21)60-38(27)18-6-7-22(44)24(46)10-18/h5,8,17-29,31-47,49-55H,2-4,6-7,9-16H2,1H3/t17?,18?,19?,20?,21?,22?,23?,24?,25-,26?,27?,28-,29-,31+,32-,33+,34+,35+,36-,37-,38?,39-,40-,41+,42-/m1/s1. The Kier molecular flexibility index (Phi) is 17.5. The van der Waals surface area contributed by atoms with Gasteiger partial charge in [0.15, 0.2) is 18.9 Å². The molecule has 64 heavy (non-hydrogen) atoms. The number of fused-ring (bicyclic) bond motifs is 1. The Balaban J connectivity index is 1.06. The number of hydrogen-bond donors (Lipinski definition) is 12. The average Bonchev–Trinajstić information content (AvgIpc) is 3.27. The predicted octanol–water partition coefficient (Wildman–Crippen LogP) is -4.42. The van der Waals surface area contributed by atoms with Crippen molar-refractivity contribution in [3.63, 3.8) is 0 Å². The van der Waals surface area contributed by atoms with Crippen LogP contribution in [0.25, 0.3) is 0 Å². The molecule has 0 aromatic heterocycles. The van der Waals surface area contributed by atoms with Gasteiger partial charge in [-0.2, -0.15) is 0 Å². The summed E-state index contributed by atoms with van der Waals surface area (Å²) >= 11 is 0. The molecule has 12 N–H and O–H groups in total. The summed E-state index contributed by atoms with van der Waals surface area (Å²) < 4.78 is 53.0. The van der Waals surface area contributed by atoms with Gasteiger partial charge in [-0.1, -0.05) is 12.5 Å². The van der Waals surface area contributed by atoms with Gasteiger partial charge in [-0.15, -0.1) is 0 Å². The maximum Gasteiger partial charge on any atom is 0.330 e. The molecular weight excluding hydrogens is 856 g/mol. The van der Waals surface area contributed by atoms with E-state index in [1.165, 1.54) is 6.08 Å². The predicted molar refractivity (Wildman–Crippen MR) is 211 cm³/mol. The Morgan fingerprint density at radius 2 is 1.34 bits per heavy atom. The molecule has 7 fully saturated rings. The minimum Gasteiger partial charge on any atom is -0.460 e. The lowest BCUT2D eigenvalue weighted by Crippen LogP contribution is -2.65. The summed E-state index contributed by atoms with van der Waals surface area (Å²) in [5.74, 6) is -1.54. The van der Waals surface area contributed by atoms with Crippen molar-refractivity contribution in [2.75, 3.05) is 26.9 Å². The monoisotopic (exact) mass is 924 g/mol. The molecule has 4 heterocycles. The molecule has 25 atom stereocenters. The summed E-state index contributed by atoms with van der Waals surface area (Å²) in [5, 5.41) is 129. The van der Waals surface area contributed by atoms with Crippen LogP contribution in [0, 0.1) is 17.8 Å². The first kappa shape index (κ1) is 50.3. The van der Waals surface area contributed by atoms with E-state index in [9.17, 15) is 66.1 Å². The highest BCUT2D eigenvalue weighted by Crippen LogP contribution is 2.44. The summed E-state index contributed by atoms with van der Waals surface area (Å²) in [6, 6.07) is 0. The van der Waals surface area contributed by atoms with E-state index in [-0.39, 0.29) is 44.1 Å². The molecule has 4 aliphatic heterocycles. The van der Waals surface area contributed by atoms with Crippen LogP contribution < -0.4 is 0 Å². The van der Waals surface area contributed by atoms with E-state index in [2.05, 4.69) is 0 Å². The second-order valence-electron chi connectivity index (χ2n) is 18.6. The van der Waals surface area contributed by atoms with Crippen LogP contribution in [0.15, 0.2) is 12.2 Å². The normalized spacial score (nSPS) is 50.5. The van der Waals surface area contributed by atoms with Crippen LogP contribution in [0.2, 0.25) is 0 Å². The highest BCUT2D eigenvalue weighted by Gasteiger charge is 2.55. The molecule has 7 aliphatic rings. The first-order valence-corrected chi connectivity index (χ1v) is 22.6. The lowest BCUT2D eigenvalue weighted by Gasteiger charge is -2.51. The summed E-state index contributed by atoms with van der Waals surface area (Å²) in [6.07, 6.45) is -22.1. The maximum atomic E-state index is 12.6. The number of allylic oxidation sites excluding steroid dienone is 1. The van der Waals surface area contributed by atoms with Gasteiger partial charge < -0.3 is 104 Å². The van der Waals surface area contributed by atoms with Gasteiger partial charge >= 0.3 is 5.97 Å². The Bertz CT molecular complexity index is 1510. The fraction of sp³-hybridized carbons (Fsp3) is 0.929. The Labute approximate surface area is 370 Å². The molecule has 11 unspecified atom stereocenters. The van der Waals surface area contributed by atoms with E-state index in [1.54, 1.807) is 13.2 Å². The largest absolute Gasteiger partial charge is 0.460 e. The van der Waals surface area contributed by atoms with Crippen molar-refractivity contribution >= 4 is 5.97 Å². The van der Waals surface area contributed by atoms with Crippen LogP contribution in [-0.4, -0.2) is 229 Å². The smallest absolute Gasteiger partial charge is 0.330 e. The molecule has 0 amide bonds. The number of ether oxygens (including phenoxy) is 9. The van der Waals surface area contributed by atoms with Crippen LogP contribution >= 0.6 is 0 Å². The van der Waals surface area contributed by atoms with E-state index in [0.717, 1.165) is 25.7 Å². The molecular formula is C42H68O22. The van der Waals surface area contributed by atoms with Crippen molar-refractivity contribution in [3.8, 4) is 0 Å². The second kappa shape index (κ2) is 22.2. The average molecular weight is 925 g/mol. The van der Waals surface area contributed by atoms with Crippen molar-refractivity contribution in [2.45, 2.75) is 199 Å². The second-order valence-corrected chi connectivity index (χ2v) is 18.6. The number of carbonyl (C=O) groups is 1. The Hall–Kier alpha value is -1.59. The molecule has 0 radical (unpaired) electrons. The molecule has 3 saturated carbocycles. The fourth-order valence-corrected chi connectivity index (χ4v) is 10.3. The van der Waals surface area contributed by atoms with Crippen LogP contribution in [0.3, 0.4) is 0 Å². The van der Waals surface area contributed by atoms with E-state index in [1.807, 2.05) is 0 Å². The summed E-state index contributed by atoms with van der Waals surface area (Å²) in [6.45, 7) is -1.65. The van der Waals surface area contributed by atoms with Crippen LogP contribution in [-0.2, 0) is 47.4 Å². The van der Waals surface area contributed by atoms with Gasteiger partial charge in [0.05, 0.1) is 62.0 Å². The molecule has 0 aromatic rings. The molecule has 22 heteroatoms. The van der Waals surface area contributed by atoms with Gasteiger partial charge in [0.2, 0.25) is 0 Å². The lowest BCUT2D eigenvalue weighted by molar-refractivity contribution is -0.376. The Morgan fingerprint density at radius 3 is 2.09 bits per heavy atom. The van der Waals surface area contributed by atoms with Crippen molar-refractivity contribution in [3.05, 3.63) is 12.2 Å². The maximum absolute atomic E-state index is 12.6. The van der Waals surface area contributed by atoms with E-state index in [0.29, 0.717) is 6.42 Å². The first-order chi connectivity index (χ1) is 30.5. The highest BCUT2D eigenvalue weighted by molar-refractivity contribution is 5.81. The molecule has 0 spiro atoms. The SMILES string of the molecule is COC1CCCC(C=CC(=O)OC[C@H]2O[C@@H](OC[C@H]3O[C@@H](OC4CC5C(O)CC(O)CC5OC4C4CCC(O)C(O)C4)[C@H](O[C@@H]4OC[C@@H](O)[C@H](O)[C@H]4O)[C@@H](O)[C@H]3O)[C@H](O)[C@@H](O)[C@@H]2O)C1. The van der Waals surface area contributed by atoms with Gasteiger partial charge in [0.25, 0.3) is 0 Å². The number of aliphatic hydroxyl groups is 12. The molecule has 0 bridgehead atoms. The fourth-order valence-electron chi connectivity index (χ4n) is 10.3. The number of methoxy groups -OCH3 is 1. The first-order valence-electron chi connectivity index (χ1n) is 22.6. The molecule has 22 nitrogen and oxygen atoms in total. The van der Waals surface area contributed by atoms with E-state index >= 15 is 0 Å². The van der Waals surface area contributed by atoms with Gasteiger partial charge in [-0.05, 0) is 69.6 Å². The van der Waals surface area contributed by atoms with Crippen molar-refractivity contribution in [2.24, 2.45) is 17.8 Å². The van der Waals surface area contributed by atoms with Gasteiger partial charge in [-0.3, -0.25) is 0 Å². The van der Waals surface area contributed by atoms with Crippen molar-refractivity contribution in [1.29, 1.82) is 0 Å². The van der Waals surface area contributed by atoms with Gasteiger partial charge in [-0.25, -0.2) is 4.79 Å². The quantitative estimate of drug-likeness (QED) is 0.0613. The molecule has 7 rings (SSSR count). The number of esters is 1. The zero-order valence-corrected chi connectivity index (χ0v) is 35.7. The number of aliphatic hydroxyl groups excluding tert-OH is 12. The van der Waals surface area contributed by atoms with Gasteiger partial charge in [0, 0.05) is 19.1 Å². The van der Waals surface area contributed by atoms with Crippen LogP contribution in [0.4, 0.5) is 0 Å². The minimum absolute atomic E-state index is 0.0779. The third kappa shape index (κ3) is 11.6. The third-order valence-corrected chi connectivity index (χ3v) is 14.2. The summed E-state index contributed by atoms with van der Waals surface area (Å²) in [5.41, 5.74) is 0. The third-order valence-electron chi connectivity index (χ3n) is 14.2. The van der Waals surface area contributed by atoms with Gasteiger partial charge in [0.1, 0.15) is 73.8 Å². The Morgan fingerprint density at radius 1 is 0.625 bits per heavy atom. The van der Waals surface area contributed by atoms with Crippen LogP contribution in [0.1, 0.15) is 64.2 Å². The molecule has 0 aromatic carbocycles. The van der Waals surface area contributed by atoms with E-state index in [4.69, 9.17) is 42.6 Å². The minimum atomic E-state index is -1.90. The van der Waals surface area contributed by atoms with Crippen molar-refractivity contribution < 1.29 is 109 Å². The summed E-state index contributed by atoms with van der Waals surface area (Å²) in [7, 11) is 1.64. The summed E-state index contributed by atoms with van der Waals surface area (Å²) in [4.78, 5) is 12.6. The molecule has 4 saturated heterocycles. The number of hydrogen-bond acceptors (Lipinski definition) is 22. The van der Waals surface area contributed by atoms with E-state index < -0.39 is 166 Å². The molecule has 3 aliphatic carbocycles. The lowest BCUT2D eigenvalue weighted by atomic mass is 9.72. The highest BCUT2D eigenvalue weighted by atomic mass is 16.8. The number of carbonyl (C=O) groups excluding carboxylic acids is 1.